The van der Waals surface area contributed by atoms with Crippen LogP contribution in [0.1, 0.15) is 32.3 Å². The first kappa shape index (κ1) is 16.8. The van der Waals surface area contributed by atoms with Crippen LogP contribution in [0.4, 0.5) is 0 Å². The molecule has 1 aromatic carbocycles. The van der Waals surface area contributed by atoms with E-state index in [0.717, 1.165) is 25.1 Å². The molecule has 0 aromatic heterocycles. The van der Waals surface area contributed by atoms with Crippen LogP contribution in [0, 0.1) is 5.92 Å². The van der Waals surface area contributed by atoms with E-state index in [4.69, 9.17) is 5.73 Å². The van der Waals surface area contributed by atoms with Crippen LogP contribution < -0.4 is 5.73 Å². The van der Waals surface area contributed by atoms with Gasteiger partial charge >= 0.3 is 0 Å². The predicted molar refractivity (Wildman–Crippen MR) is 89.5 cm³/mol. The molecule has 0 amide bonds. The molecule has 1 aliphatic rings. The van der Waals surface area contributed by atoms with Gasteiger partial charge in [-0.15, -0.1) is 0 Å². The Labute approximate surface area is 133 Å². The van der Waals surface area contributed by atoms with Crippen molar-refractivity contribution >= 4 is 15.8 Å². The second kappa shape index (κ2) is 7.13. The quantitative estimate of drug-likeness (QED) is 0.679. The average molecular weight is 323 g/mol. The van der Waals surface area contributed by atoms with E-state index in [1.54, 1.807) is 31.2 Å². The molecule has 1 saturated heterocycles. The smallest absolute Gasteiger partial charge is 0.191 e. The first-order valence-electron chi connectivity index (χ1n) is 7.79. The molecule has 1 aliphatic heterocycles. The van der Waals surface area contributed by atoms with E-state index in [-0.39, 0.29) is 5.75 Å². The molecular weight excluding hydrogens is 298 g/mol. The van der Waals surface area contributed by atoms with E-state index in [2.05, 4.69) is 16.8 Å². The summed E-state index contributed by atoms with van der Waals surface area (Å²) in [5.41, 5.74) is 7.02. The molecule has 0 radical (unpaired) electrons. The van der Waals surface area contributed by atoms with Gasteiger partial charge in [-0.2, -0.15) is 0 Å². The maximum Gasteiger partial charge on any atom is 0.191 e. The van der Waals surface area contributed by atoms with Gasteiger partial charge in [-0.05, 0) is 36.5 Å². The van der Waals surface area contributed by atoms with Gasteiger partial charge in [0.15, 0.2) is 15.8 Å². The van der Waals surface area contributed by atoms with Gasteiger partial charge in [0.1, 0.15) is 0 Å². The van der Waals surface area contributed by atoms with Gasteiger partial charge in [0.25, 0.3) is 0 Å². The van der Waals surface area contributed by atoms with Crippen molar-refractivity contribution in [1.82, 2.24) is 4.90 Å². The van der Waals surface area contributed by atoms with Crippen molar-refractivity contribution in [3.63, 3.8) is 0 Å². The minimum Gasteiger partial charge on any atom is -0.370 e. The zero-order valence-corrected chi connectivity index (χ0v) is 14.1. The molecule has 22 heavy (non-hydrogen) atoms. The maximum atomic E-state index is 11.8. The number of likely N-dealkylation sites (tertiary alicyclic amines) is 1. The van der Waals surface area contributed by atoms with Gasteiger partial charge in [-0.3, -0.25) is 0 Å². The number of rotatable bonds is 4. The van der Waals surface area contributed by atoms with Crippen molar-refractivity contribution in [1.29, 1.82) is 0 Å². The minimum absolute atomic E-state index is 0.116. The summed E-state index contributed by atoms with van der Waals surface area (Å²) in [5.74, 6) is 1.35. The Morgan fingerprint density at radius 2 is 2.05 bits per heavy atom. The molecular formula is C16H25N3O2S. The molecule has 1 unspecified atom stereocenters. The fraction of sp³-hybridized carbons (Fsp3) is 0.562. The summed E-state index contributed by atoms with van der Waals surface area (Å²) >= 11 is 0. The number of hydrogen-bond donors (Lipinski definition) is 1. The Kier molecular flexibility index (Phi) is 5.45. The van der Waals surface area contributed by atoms with Crippen LogP contribution in [0.15, 0.2) is 34.2 Å². The molecule has 1 heterocycles. The van der Waals surface area contributed by atoms with Crippen molar-refractivity contribution in [2.75, 3.05) is 18.8 Å². The van der Waals surface area contributed by atoms with Gasteiger partial charge in [0.05, 0.1) is 17.2 Å². The standard InChI is InChI=1S/C16H25N3O2S/c1-3-22(20,21)15-8-6-14(7-9-15)11-18-16(17)19-10-4-5-13(2)12-19/h6-9,13H,3-5,10-12H2,1-2H3,(H2,17,18). The molecule has 0 saturated carbocycles. The zero-order chi connectivity index (χ0) is 16.2. The zero-order valence-electron chi connectivity index (χ0n) is 13.3. The van der Waals surface area contributed by atoms with Crippen molar-refractivity contribution < 1.29 is 8.42 Å². The molecule has 6 heteroatoms. The summed E-state index contributed by atoms with van der Waals surface area (Å²) in [6, 6.07) is 6.89. The highest BCUT2D eigenvalue weighted by Crippen LogP contribution is 2.16. The predicted octanol–water partition coefficient (Wildman–Crippen LogP) is 2.03. The summed E-state index contributed by atoms with van der Waals surface area (Å²) in [4.78, 5) is 6.93. The molecule has 0 spiro atoms. The van der Waals surface area contributed by atoms with E-state index in [0.29, 0.717) is 23.3 Å². The second-order valence-electron chi connectivity index (χ2n) is 5.92. The SMILES string of the molecule is CCS(=O)(=O)c1ccc(CN=C(N)N2CCCC(C)C2)cc1. The number of sulfone groups is 1. The molecule has 0 aliphatic carbocycles. The number of benzene rings is 1. The van der Waals surface area contributed by atoms with Crippen LogP contribution in [0.5, 0.6) is 0 Å². The fourth-order valence-corrected chi connectivity index (χ4v) is 3.52. The third kappa shape index (κ3) is 4.22. The Morgan fingerprint density at radius 1 is 1.36 bits per heavy atom. The largest absolute Gasteiger partial charge is 0.370 e. The summed E-state index contributed by atoms with van der Waals surface area (Å²) in [5, 5.41) is 0. The molecule has 1 atom stereocenters. The Morgan fingerprint density at radius 3 is 2.64 bits per heavy atom. The van der Waals surface area contributed by atoms with Crippen molar-refractivity contribution in [2.24, 2.45) is 16.6 Å². The summed E-state index contributed by atoms with van der Waals surface area (Å²) in [6.07, 6.45) is 2.40. The highest BCUT2D eigenvalue weighted by molar-refractivity contribution is 7.91. The molecule has 2 rings (SSSR count). The van der Waals surface area contributed by atoms with E-state index < -0.39 is 9.84 Å². The highest BCUT2D eigenvalue weighted by Gasteiger charge is 2.17. The Hall–Kier alpha value is -1.56. The van der Waals surface area contributed by atoms with Gasteiger partial charge in [0, 0.05) is 13.1 Å². The van der Waals surface area contributed by atoms with E-state index >= 15 is 0 Å². The second-order valence-corrected chi connectivity index (χ2v) is 8.19. The lowest BCUT2D eigenvalue weighted by molar-refractivity contribution is 0.270. The molecule has 122 valence electrons. The molecule has 2 N–H and O–H groups in total. The van der Waals surface area contributed by atoms with E-state index in [1.807, 2.05) is 0 Å². The number of guanidine groups is 1. The van der Waals surface area contributed by atoms with Gasteiger partial charge in [0.2, 0.25) is 0 Å². The molecule has 1 fully saturated rings. The van der Waals surface area contributed by atoms with Gasteiger partial charge < -0.3 is 10.6 Å². The first-order chi connectivity index (χ1) is 10.4. The fourth-order valence-electron chi connectivity index (χ4n) is 2.64. The third-order valence-electron chi connectivity index (χ3n) is 4.07. The topological polar surface area (TPSA) is 75.8 Å². The van der Waals surface area contributed by atoms with Crippen molar-refractivity contribution in [2.45, 2.75) is 38.1 Å². The van der Waals surface area contributed by atoms with Gasteiger partial charge in [-0.1, -0.05) is 26.0 Å². The maximum absolute atomic E-state index is 11.8. The number of nitrogens with two attached hydrogens (primary N) is 1. The van der Waals surface area contributed by atoms with Crippen molar-refractivity contribution in [3.05, 3.63) is 29.8 Å². The number of hydrogen-bond acceptors (Lipinski definition) is 3. The number of aliphatic imine (C=N–C) groups is 1. The summed E-state index contributed by atoms with van der Waals surface area (Å²) in [7, 11) is -3.14. The van der Waals surface area contributed by atoms with Crippen LogP contribution in [0.25, 0.3) is 0 Å². The van der Waals surface area contributed by atoms with E-state index in [1.165, 1.54) is 6.42 Å². The van der Waals surface area contributed by atoms with Crippen LogP contribution in [0.3, 0.4) is 0 Å². The monoisotopic (exact) mass is 323 g/mol. The highest BCUT2D eigenvalue weighted by atomic mass is 32.2. The lowest BCUT2D eigenvalue weighted by Crippen LogP contribution is -2.43. The molecule has 5 nitrogen and oxygen atoms in total. The van der Waals surface area contributed by atoms with E-state index in [9.17, 15) is 8.42 Å². The Bertz CT molecular complexity index is 623. The van der Waals surface area contributed by atoms with Crippen LogP contribution in [-0.2, 0) is 16.4 Å². The van der Waals surface area contributed by atoms with Crippen LogP contribution >= 0.6 is 0 Å². The summed E-state index contributed by atoms with van der Waals surface area (Å²) < 4.78 is 23.5. The third-order valence-corrected chi connectivity index (χ3v) is 5.82. The molecule has 1 aromatic rings. The number of nitrogens with zero attached hydrogens (tertiary/aromatic N) is 2. The van der Waals surface area contributed by atoms with Gasteiger partial charge in [-0.25, -0.2) is 13.4 Å². The lowest BCUT2D eigenvalue weighted by Gasteiger charge is -2.31. The lowest BCUT2D eigenvalue weighted by atomic mass is 10.0. The van der Waals surface area contributed by atoms with Crippen molar-refractivity contribution in [3.8, 4) is 0 Å². The van der Waals surface area contributed by atoms with Crippen LogP contribution in [-0.4, -0.2) is 38.1 Å². The first-order valence-corrected chi connectivity index (χ1v) is 9.44. The normalized spacial score (nSPS) is 20.2. The number of piperidine rings is 1. The summed E-state index contributed by atoms with van der Waals surface area (Å²) in [6.45, 7) is 6.28. The Balaban J connectivity index is 2.00. The van der Waals surface area contributed by atoms with Crippen LogP contribution in [0.2, 0.25) is 0 Å². The average Bonchev–Trinajstić information content (AvgIpc) is 2.53. The minimum atomic E-state index is -3.14. The molecule has 0 bridgehead atoms.